The lowest BCUT2D eigenvalue weighted by Gasteiger charge is -2.26. The third kappa shape index (κ3) is 3.71. The Bertz CT molecular complexity index is 910. The maximum Gasteiger partial charge on any atom is 0.247 e. The van der Waals surface area contributed by atoms with Gasteiger partial charge in [-0.25, -0.2) is 12.8 Å². The quantitative estimate of drug-likeness (QED) is 0.805. The molecule has 1 heterocycles. The molecule has 0 spiro atoms. The van der Waals surface area contributed by atoms with Gasteiger partial charge in [-0.3, -0.25) is 0 Å². The van der Waals surface area contributed by atoms with Crippen LogP contribution in [0.4, 0.5) is 4.39 Å². The zero-order valence-corrected chi connectivity index (χ0v) is 15.1. The molecule has 4 nitrogen and oxygen atoms in total. The van der Waals surface area contributed by atoms with Crippen LogP contribution in [0.5, 0.6) is 5.75 Å². The van der Waals surface area contributed by atoms with E-state index < -0.39 is 10.0 Å². The van der Waals surface area contributed by atoms with Gasteiger partial charge in [-0.2, -0.15) is 4.31 Å². The van der Waals surface area contributed by atoms with Crippen LogP contribution >= 0.6 is 11.6 Å². The first kappa shape index (κ1) is 17.9. The Balaban J connectivity index is 1.86. The van der Waals surface area contributed by atoms with Crippen molar-refractivity contribution >= 4 is 27.2 Å². The fraction of sp³-hybridized carbons (Fsp3) is 0.222. The molecule has 3 rings (SSSR count). The smallest absolute Gasteiger partial charge is 0.247 e. The Kier molecular flexibility index (Phi) is 5.13. The van der Waals surface area contributed by atoms with Crippen LogP contribution in [0.1, 0.15) is 12.0 Å². The van der Waals surface area contributed by atoms with Crippen LogP contribution in [0.15, 0.2) is 53.4 Å². The van der Waals surface area contributed by atoms with Crippen molar-refractivity contribution in [1.82, 2.24) is 4.31 Å². The molecular weight excluding hydrogens is 365 g/mol. The van der Waals surface area contributed by atoms with E-state index in [1.54, 1.807) is 24.3 Å². The molecule has 0 radical (unpaired) electrons. The minimum atomic E-state index is -3.72. The van der Waals surface area contributed by atoms with Gasteiger partial charge in [0, 0.05) is 18.1 Å². The van der Waals surface area contributed by atoms with Crippen LogP contribution in [0.3, 0.4) is 0 Å². The van der Waals surface area contributed by atoms with E-state index in [9.17, 15) is 12.8 Å². The SMILES string of the molecule is COc1ccc(Cl)cc1S(=O)(=O)N1CC=C(c2ccc(F)cc2)CC1. The Morgan fingerprint density at radius 1 is 1.16 bits per heavy atom. The molecule has 0 saturated heterocycles. The summed E-state index contributed by atoms with van der Waals surface area (Å²) >= 11 is 5.95. The van der Waals surface area contributed by atoms with E-state index in [0.29, 0.717) is 18.0 Å². The van der Waals surface area contributed by atoms with Crippen molar-refractivity contribution in [2.75, 3.05) is 20.2 Å². The van der Waals surface area contributed by atoms with E-state index in [4.69, 9.17) is 16.3 Å². The van der Waals surface area contributed by atoms with Gasteiger partial charge < -0.3 is 4.74 Å². The molecule has 0 fully saturated rings. The highest BCUT2D eigenvalue weighted by molar-refractivity contribution is 7.89. The molecule has 25 heavy (non-hydrogen) atoms. The van der Waals surface area contributed by atoms with E-state index in [-0.39, 0.29) is 23.0 Å². The van der Waals surface area contributed by atoms with Gasteiger partial charge in [0.2, 0.25) is 10.0 Å². The molecular formula is C18H17ClFNO3S. The monoisotopic (exact) mass is 381 g/mol. The molecule has 0 atom stereocenters. The number of benzene rings is 2. The van der Waals surface area contributed by atoms with Crippen LogP contribution in [0.25, 0.3) is 5.57 Å². The summed E-state index contributed by atoms with van der Waals surface area (Å²) in [5, 5.41) is 0.332. The normalized spacial score (nSPS) is 15.7. The van der Waals surface area contributed by atoms with Gasteiger partial charge in [0.15, 0.2) is 0 Å². The van der Waals surface area contributed by atoms with E-state index >= 15 is 0 Å². The number of nitrogens with zero attached hydrogens (tertiary/aromatic N) is 1. The molecule has 0 aromatic heterocycles. The summed E-state index contributed by atoms with van der Waals surface area (Å²) in [4.78, 5) is 0.0566. The van der Waals surface area contributed by atoms with Gasteiger partial charge in [-0.05, 0) is 47.9 Å². The minimum absolute atomic E-state index is 0.0566. The molecule has 132 valence electrons. The zero-order chi connectivity index (χ0) is 18.0. The van der Waals surface area contributed by atoms with Gasteiger partial charge in [0.1, 0.15) is 16.5 Å². The number of hydrogen-bond donors (Lipinski definition) is 0. The van der Waals surface area contributed by atoms with Crippen molar-refractivity contribution in [2.24, 2.45) is 0 Å². The maximum absolute atomic E-state index is 13.0. The standard InChI is InChI=1S/C18H17ClFNO3S/c1-24-17-7-4-15(19)12-18(17)25(22,23)21-10-8-14(9-11-21)13-2-5-16(20)6-3-13/h2-8,12H,9-11H2,1H3. The number of sulfonamides is 1. The number of rotatable bonds is 4. The first-order valence-corrected chi connectivity index (χ1v) is 9.52. The van der Waals surface area contributed by atoms with Crippen LogP contribution in [-0.4, -0.2) is 32.9 Å². The van der Waals surface area contributed by atoms with Crippen LogP contribution < -0.4 is 4.74 Å². The van der Waals surface area contributed by atoms with E-state index in [0.717, 1.165) is 11.1 Å². The van der Waals surface area contributed by atoms with E-state index in [1.165, 1.54) is 29.6 Å². The van der Waals surface area contributed by atoms with Gasteiger partial charge in [0.05, 0.1) is 7.11 Å². The van der Waals surface area contributed by atoms with Gasteiger partial charge in [-0.1, -0.05) is 29.8 Å². The molecule has 0 saturated carbocycles. The molecule has 2 aromatic rings. The second-order valence-corrected chi connectivity index (χ2v) is 7.99. The highest BCUT2D eigenvalue weighted by Gasteiger charge is 2.29. The second-order valence-electron chi connectivity index (χ2n) is 5.64. The highest BCUT2D eigenvalue weighted by atomic mass is 35.5. The average molecular weight is 382 g/mol. The summed E-state index contributed by atoms with van der Waals surface area (Å²) in [6.45, 7) is 0.575. The molecule has 0 unspecified atom stereocenters. The molecule has 1 aliphatic rings. The molecule has 0 N–H and O–H groups in total. The lowest BCUT2D eigenvalue weighted by atomic mass is 10.0. The van der Waals surface area contributed by atoms with Crippen LogP contribution in [-0.2, 0) is 10.0 Å². The summed E-state index contributed by atoms with van der Waals surface area (Å²) in [5.74, 6) is -0.0323. The highest BCUT2D eigenvalue weighted by Crippen LogP contribution is 2.32. The third-order valence-electron chi connectivity index (χ3n) is 4.13. The molecule has 2 aromatic carbocycles. The third-order valence-corrected chi connectivity index (χ3v) is 6.25. The molecule has 0 bridgehead atoms. The summed E-state index contributed by atoms with van der Waals surface area (Å²) < 4.78 is 45.4. The van der Waals surface area contributed by atoms with Crippen LogP contribution in [0.2, 0.25) is 5.02 Å². The topological polar surface area (TPSA) is 46.6 Å². The average Bonchev–Trinajstić information content (AvgIpc) is 2.62. The van der Waals surface area contributed by atoms with Gasteiger partial charge in [0.25, 0.3) is 0 Å². The van der Waals surface area contributed by atoms with Crippen molar-refractivity contribution < 1.29 is 17.5 Å². The van der Waals surface area contributed by atoms with E-state index in [1.807, 2.05) is 6.08 Å². The fourth-order valence-electron chi connectivity index (χ4n) is 2.79. The van der Waals surface area contributed by atoms with Crippen LogP contribution in [0, 0.1) is 5.82 Å². The fourth-order valence-corrected chi connectivity index (χ4v) is 4.59. The Morgan fingerprint density at radius 2 is 1.88 bits per heavy atom. The molecule has 1 aliphatic heterocycles. The predicted molar refractivity (Wildman–Crippen MR) is 95.8 cm³/mol. The minimum Gasteiger partial charge on any atom is -0.495 e. The first-order chi connectivity index (χ1) is 11.9. The maximum atomic E-state index is 13.0. The van der Waals surface area contributed by atoms with Crippen molar-refractivity contribution in [3.05, 3.63) is 64.9 Å². The van der Waals surface area contributed by atoms with Crippen molar-refractivity contribution in [1.29, 1.82) is 0 Å². The van der Waals surface area contributed by atoms with Crippen molar-refractivity contribution in [3.63, 3.8) is 0 Å². The second kappa shape index (κ2) is 7.15. The largest absolute Gasteiger partial charge is 0.495 e. The number of ether oxygens (including phenoxy) is 1. The molecule has 0 aliphatic carbocycles. The summed E-state index contributed by atoms with van der Waals surface area (Å²) in [7, 11) is -2.30. The Hall–Kier alpha value is -1.89. The Morgan fingerprint density at radius 3 is 2.48 bits per heavy atom. The van der Waals surface area contributed by atoms with Crippen molar-refractivity contribution in [3.8, 4) is 5.75 Å². The zero-order valence-electron chi connectivity index (χ0n) is 13.6. The summed E-state index contributed by atoms with van der Waals surface area (Å²) in [5.41, 5.74) is 1.91. The van der Waals surface area contributed by atoms with Crippen molar-refractivity contribution in [2.45, 2.75) is 11.3 Å². The number of halogens is 2. The lowest BCUT2D eigenvalue weighted by Crippen LogP contribution is -2.34. The summed E-state index contributed by atoms with van der Waals surface area (Å²) in [6.07, 6.45) is 2.40. The number of hydrogen-bond acceptors (Lipinski definition) is 3. The van der Waals surface area contributed by atoms with E-state index in [2.05, 4.69) is 0 Å². The Labute approximate surface area is 151 Å². The molecule has 0 amide bonds. The van der Waals surface area contributed by atoms with Gasteiger partial charge in [-0.15, -0.1) is 0 Å². The summed E-state index contributed by atoms with van der Waals surface area (Å²) in [6, 6.07) is 10.7. The molecule has 7 heteroatoms. The lowest BCUT2D eigenvalue weighted by molar-refractivity contribution is 0.395. The number of methoxy groups -OCH3 is 1. The predicted octanol–water partition coefficient (Wildman–Crippen LogP) is 3.97. The van der Waals surface area contributed by atoms with Gasteiger partial charge >= 0.3 is 0 Å². The first-order valence-electron chi connectivity index (χ1n) is 7.70.